The smallest absolute Gasteiger partial charge is 0.388 e. The Balaban J connectivity index is 2.70. The lowest BCUT2D eigenvalue weighted by atomic mass is 10.2. The van der Waals surface area contributed by atoms with E-state index in [1.807, 2.05) is 6.07 Å². The van der Waals surface area contributed by atoms with Crippen LogP contribution in [0.1, 0.15) is 5.56 Å². The van der Waals surface area contributed by atoms with Gasteiger partial charge < -0.3 is 4.74 Å². The van der Waals surface area contributed by atoms with Gasteiger partial charge in [0.05, 0.1) is 12.5 Å². The zero-order valence-electron chi connectivity index (χ0n) is 6.88. The third-order valence-corrected chi connectivity index (χ3v) is 1.30. The summed E-state index contributed by atoms with van der Waals surface area (Å²) in [4.78, 5) is 3.39. The van der Waals surface area contributed by atoms with Crippen molar-refractivity contribution in [1.29, 1.82) is 5.26 Å². The standard InChI is InChI=1S/C8H5F3N2O/c9-8(10,11)14-7-2-1-6(3-4-12)5-13-7/h1-2,5H,3H2. The highest BCUT2D eigenvalue weighted by molar-refractivity contribution is 5.20. The van der Waals surface area contributed by atoms with Crippen molar-refractivity contribution in [3.8, 4) is 11.9 Å². The number of ether oxygens (including phenoxy) is 1. The Labute approximate surface area is 77.7 Å². The third kappa shape index (κ3) is 3.31. The summed E-state index contributed by atoms with van der Waals surface area (Å²) in [7, 11) is 0. The monoisotopic (exact) mass is 202 g/mol. The van der Waals surface area contributed by atoms with Gasteiger partial charge in [-0.15, -0.1) is 13.2 Å². The summed E-state index contributed by atoms with van der Waals surface area (Å²) in [6, 6.07) is 4.28. The predicted molar refractivity (Wildman–Crippen MR) is 40.2 cm³/mol. The highest BCUT2D eigenvalue weighted by Crippen LogP contribution is 2.20. The molecule has 0 spiro atoms. The van der Waals surface area contributed by atoms with Crippen LogP contribution >= 0.6 is 0 Å². The molecule has 1 rings (SSSR count). The van der Waals surface area contributed by atoms with Gasteiger partial charge in [0, 0.05) is 12.3 Å². The van der Waals surface area contributed by atoms with Crippen LogP contribution in [0, 0.1) is 11.3 Å². The molecule has 0 aliphatic rings. The summed E-state index contributed by atoms with van der Waals surface area (Å²) in [5.41, 5.74) is 0.544. The minimum absolute atomic E-state index is 0.110. The molecule has 14 heavy (non-hydrogen) atoms. The van der Waals surface area contributed by atoms with E-state index in [1.54, 1.807) is 0 Å². The summed E-state index contributed by atoms with van der Waals surface area (Å²) >= 11 is 0. The van der Waals surface area contributed by atoms with E-state index in [0.29, 0.717) is 5.56 Å². The lowest BCUT2D eigenvalue weighted by molar-refractivity contribution is -0.276. The van der Waals surface area contributed by atoms with Gasteiger partial charge in [-0.2, -0.15) is 5.26 Å². The van der Waals surface area contributed by atoms with E-state index in [1.165, 1.54) is 12.3 Å². The first-order valence-corrected chi connectivity index (χ1v) is 3.59. The molecule has 74 valence electrons. The molecule has 3 nitrogen and oxygen atoms in total. The maximum atomic E-state index is 11.7. The first-order valence-electron chi connectivity index (χ1n) is 3.59. The maximum absolute atomic E-state index is 11.7. The highest BCUT2D eigenvalue weighted by Gasteiger charge is 2.31. The SMILES string of the molecule is N#CCc1ccc(OC(F)(F)F)nc1. The molecule has 1 aromatic rings. The average Bonchev–Trinajstić information content (AvgIpc) is 2.06. The van der Waals surface area contributed by atoms with Gasteiger partial charge >= 0.3 is 6.36 Å². The average molecular weight is 202 g/mol. The predicted octanol–water partition coefficient (Wildman–Crippen LogP) is 2.05. The number of pyridine rings is 1. The summed E-state index contributed by atoms with van der Waals surface area (Å²) in [5.74, 6) is -0.529. The highest BCUT2D eigenvalue weighted by atomic mass is 19.4. The molecule has 0 aromatic carbocycles. The second kappa shape index (κ2) is 3.96. The Morgan fingerprint density at radius 3 is 2.57 bits per heavy atom. The lowest BCUT2D eigenvalue weighted by Gasteiger charge is -2.07. The Morgan fingerprint density at radius 2 is 2.14 bits per heavy atom. The van der Waals surface area contributed by atoms with Crippen molar-refractivity contribution in [2.45, 2.75) is 12.8 Å². The minimum atomic E-state index is -4.73. The zero-order chi connectivity index (χ0) is 10.6. The number of nitrogens with zero attached hydrogens (tertiary/aromatic N) is 2. The number of hydrogen-bond acceptors (Lipinski definition) is 3. The van der Waals surface area contributed by atoms with Crippen molar-refractivity contribution in [3.05, 3.63) is 23.9 Å². The molecule has 0 fully saturated rings. The van der Waals surface area contributed by atoms with Crippen LogP contribution in [-0.4, -0.2) is 11.3 Å². The zero-order valence-corrected chi connectivity index (χ0v) is 6.88. The van der Waals surface area contributed by atoms with Crippen molar-refractivity contribution >= 4 is 0 Å². The van der Waals surface area contributed by atoms with Crippen molar-refractivity contribution in [2.75, 3.05) is 0 Å². The molecule has 0 bridgehead atoms. The Kier molecular flexibility index (Phi) is 2.92. The molecule has 0 saturated heterocycles. The number of alkyl halides is 3. The van der Waals surface area contributed by atoms with Crippen molar-refractivity contribution in [2.24, 2.45) is 0 Å². The number of hydrogen-bond donors (Lipinski definition) is 0. The van der Waals surface area contributed by atoms with E-state index in [0.717, 1.165) is 6.07 Å². The number of rotatable bonds is 2. The molecule has 0 aliphatic carbocycles. The van der Waals surface area contributed by atoms with E-state index in [2.05, 4.69) is 9.72 Å². The molecule has 0 unspecified atom stereocenters. The van der Waals surface area contributed by atoms with Crippen LogP contribution in [0.4, 0.5) is 13.2 Å². The van der Waals surface area contributed by atoms with Gasteiger partial charge in [-0.25, -0.2) is 4.98 Å². The van der Waals surface area contributed by atoms with Crippen LogP contribution in [0.25, 0.3) is 0 Å². The topological polar surface area (TPSA) is 45.9 Å². The Hall–Kier alpha value is -1.77. The van der Waals surface area contributed by atoms with Crippen LogP contribution in [0.5, 0.6) is 5.88 Å². The van der Waals surface area contributed by atoms with Crippen LogP contribution in [0.2, 0.25) is 0 Å². The molecule has 0 N–H and O–H groups in total. The normalized spacial score (nSPS) is 10.7. The van der Waals surface area contributed by atoms with E-state index in [4.69, 9.17) is 5.26 Å². The first kappa shape index (κ1) is 10.3. The largest absolute Gasteiger partial charge is 0.574 e. The van der Waals surface area contributed by atoms with Gasteiger partial charge in [0.1, 0.15) is 0 Å². The third-order valence-electron chi connectivity index (χ3n) is 1.30. The van der Waals surface area contributed by atoms with E-state index in [9.17, 15) is 13.2 Å². The summed E-state index contributed by atoms with van der Waals surface area (Å²) in [5, 5.41) is 8.29. The summed E-state index contributed by atoms with van der Waals surface area (Å²) in [6.45, 7) is 0. The minimum Gasteiger partial charge on any atom is -0.388 e. The fourth-order valence-corrected chi connectivity index (χ4v) is 0.786. The fourth-order valence-electron chi connectivity index (χ4n) is 0.786. The van der Waals surface area contributed by atoms with Gasteiger partial charge in [0.2, 0.25) is 5.88 Å². The van der Waals surface area contributed by atoms with Crippen molar-refractivity contribution in [3.63, 3.8) is 0 Å². The fraction of sp³-hybridized carbons (Fsp3) is 0.250. The van der Waals surface area contributed by atoms with Crippen molar-refractivity contribution in [1.82, 2.24) is 4.98 Å². The number of nitriles is 1. The van der Waals surface area contributed by atoms with Crippen LogP contribution in [-0.2, 0) is 6.42 Å². The van der Waals surface area contributed by atoms with Crippen LogP contribution < -0.4 is 4.74 Å². The second-order valence-electron chi connectivity index (χ2n) is 2.39. The molecule has 1 heterocycles. The summed E-state index contributed by atoms with van der Waals surface area (Å²) in [6.07, 6.45) is -3.45. The van der Waals surface area contributed by atoms with Crippen molar-refractivity contribution < 1.29 is 17.9 Å². The maximum Gasteiger partial charge on any atom is 0.574 e. The van der Waals surface area contributed by atoms with E-state index in [-0.39, 0.29) is 6.42 Å². The van der Waals surface area contributed by atoms with Crippen LogP contribution in [0.15, 0.2) is 18.3 Å². The quantitative estimate of drug-likeness (QED) is 0.737. The molecule has 0 aliphatic heterocycles. The molecule has 1 aromatic heterocycles. The summed E-state index contributed by atoms with van der Waals surface area (Å²) < 4.78 is 38.6. The molecule has 0 radical (unpaired) electrons. The number of aromatic nitrogens is 1. The van der Waals surface area contributed by atoms with Gasteiger partial charge in [0.25, 0.3) is 0 Å². The second-order valence-corrected chi connectivity index (χ2v) is 2.39. The van der Waals surface area contributed by atoms with Gasteiger partial charge in [-0.05, 0) is 5.56 Å². The Morgan fingerprint density at radius 1 is 1.43 bits per heavy atom. The lowest BCUT2D eigenvalue weighted by Crippen LogP contribution is -2.17. The van der Waals surface area contributed by atoms with Gasteiger partial charge in [-0.1, -0.05) is 6.07 Å². The Bertz CT molecular complexity index is 339. The molecule has 0 saturated carbocycles. The molecular formula is C8H5F3N2O. The molecule has 0 amide bonds. The molecule has 6 heteroatoms. The number of halogens is 3. The van der Waals surface area contributed by atoms with Gasteiger partial charge in [0.15, 0.2) is 0 Å². The van der Waals surface area contributed by atoms with E-state index >= 15 is 0 Å². The first-order chi connectivity index (χ1) is 6.51. The van der Waals surface area contributed by atoms with Gasteiger partial charge in [-0.3, -0.25) is 0 Å². The van der Waals surface area contributed by atoms with E-state index < -0.39 is 12.2 Å². The molecule has 0 atom stereocenters. The molecular weight excluding hydrogens is 197 g/mol. The van der Waals surface area contributed by atoms with Crippen LogP contribution in [0.3, 0.4) is 0 Å².